The predicted molar refractivity (Wildman–Crippen MR) is 53.5 cm³/mol. The van der Waals surface area contributed by atoms with Crippen molar-refractivity contribution in [1.29, 1.82) is 0 Å². The van der Waals surface area contributed by atoms with Crippen LogP contribution in [0.5, 0.6) is 0 Å². The largest absolute Gasteiger partial charge is 0.481 e. The molecule has 13 heavy (non-hydrogen) atoms. The molecule has 0 saturated heterocycles. The molecule has 0 aromatic rings. The molecule has 2 rings (SSSR count). The highest BCUT2D eigenvalue weighted by Crippen LogP contribution is 2.20. The van der Waals surface area contributed by atoms with Gasteiger partial charge in [0.05, 0.1) is 7.11 Å². The Balaban J connectivity index is 2.42. The van der Waals surface area contributed by atoms with Gasteiger partial charge in [0, 0.05) is 12.3 Å². The summed E-state index contributed by atoms with van der Waals surface area (Å²) in [6.45, 7) is 0. The Labute approximate surface area is 77.6 Å². The number of aliphatic imine (C=N–C) groups is 1. The number of hydrogen-bond acceptors (Lipinski definition) is 2. The van der Waals surface area contributed by atoms with E-state index in [1.54, 1.807) is 7.11 Å². The first-order valence-electron chi connectivity index (χ1n) is 4.24. The maximum absolute atomic E-state index is 5.09. The minimum atomic E-state index is 0.671. The molecule has 0 aromatic heterocycles. The monoisotopic (exact) mass is 173 g/mol. The van der Waals surface area contributed by atoms with Crippen LogP contribution >= 0.6 is 0 Å². The molecule has 0 aromatic carbocycles. The smallest absolute Gasteiger partial charge is 0.213 e. The summed E-state index contributed by atoms with van der Waals surface area (Å²) < 4.78 is 5.09. The molecule has 0 saturated carbocycles. The van der Waals surface area contributed by atoms with Crippen molar-refractivity contribution in [3.63, 3.8) is 0 Å². The average Bonchev–Trinajstić information content (AvgIpc) is 2.49. The first kappa shape index (κ1) is 8.05. The first-order valence-corrected chi connectivity index (χ1v) is 4.24. The second-order valence-electron chi connectivity index (χ2n) is 2.99. The van der Waals surface area contributed by atoms with Gasteiger partial charge < -0.3 is 4.74 Å². The van der Waals surface area contributed by atoms with Crippen LogP contribution in [0.25, 0.3) is 0 Å². The second kappa shape index (κ2) is 3.44. The van der Waals surface area contributed by atoms with E-state index in [0.717, 1.165) is 6.42 Å². The van der Waals surface area contributed by atoms with E-state index in [9.17, 15) is 0 Å². The molecule has 0 atom stereocenters. The lowest BCUT2D eigenvalue weighted by atomic mass is 10.1. The van der Waals surface area contributed by atoms with Gasteiger partial charge in [0.25, 0.3) is 0 Å². The van der Waals surface area contributed by atoms with E-state index in [1.165, 1.54) is 11.1 Å². The van der Waals surface area contributed by atoms with Crippen LogP contribution in [0.3, 0.4) is 0 Å². The van der Waals surface area contributed by atoms with Crippen molar-refractivity contribution in [3.05, 3.63) is 47.4 Å². The number of hydrogen-bond donors (Lipinski definition) is 0. The fourth-order valence-electron chi connectivity index (χ4n) is 1.35. The van der Waals surface area contributed by atoms with Gasteiger partial charge in [-0.2, -0.15) is 0 Å². The molecule has 2 aliphatic rings. The van der Waals surface area contributed by atoms with E-state index < -0.39 is 0 Å². The minimum absolute atomic E-state index is 0.671. The number of ether oxygens (including phenoxy) is 1. The summed E-state index contributed by atoms with van der Waals surface area (Å²) in [5.74, 6) is 0.671. The van der Waals surface area contributed by atoms with Gasteiger partial charge in [-0.05, 0) is 17.6 Å². The van der Waals surface area contributed by atoms with Crippen LogP contribution in [0, 0.1) is 0 Å². The normalized spacial score (nSPS) is 19.6. The van der Waals surface area contributed by atoms with Gasteiger partial charge in [0.2, 0.25) is 5.88 Å². The second-order valence-corrected chi connectivity index (χ2v) is 2.99. The Morgan fingerprint density at radius 2 is 2.00 bits per heavy atom. The summed E-state index contributed by atoms with van der Waals surface area (Å²) in [5, 5.41) is 0. The molecule has 2 heteroatoms. The topological polar surface area (TPSA) is 21.6 Å². The number of methoxy groups -OCH3 is 1. The summed E-state index contributed by atoms with van der Waals surface area (Å²) in [4.78, 5) is 4.20. The fourth-order valence-corrected chi connectivity index (χ4v) is 1.35. The number of rotatable bonds is 1. The van der Waals surface area contributed by atoms with Crippen molar-refractivity contribution in [2.45, 2.75) is 6.42 Å². The van der Waals surface area contributed by atoms with Gasteiger partial charge in [-0.15, -0.1) is 0 Å². The Kier molecular flexibility index (Phi) is 2.13. The molecular weight excluding hydrogens is 162 g/mol. The van der Waals surface area contributed by atoms with Crippen LogP contribution in [-0.2, 0) is 4.74 Å². The van der Waals surface area contributed by atoms with Crippen molar-refractivity contribution < 1.29 is 4.74 Å². The van der Waals surface area contributed by atoms with Gasteiger partial charge >= 0.3 is 0 Å². The van der Waals surface area contributed by atoms with Crippen LogP contribution in [0.2, 0.25) is 0 Å². The van der Waals surface area contributed by atoms with Crippen molar-refractivity contribution in [2.75, 3.05) is 7.11 Å². The summed E-state index contributed by atoms with van der Waals surface area (Å²) in [5.41, 5.74) is 2.44. The molecule has 0 unspecified atom stereocenters. The van der Waals surface area contributed by atoms with Crippen molar-refractivity contribution in [1.82, 2.24) is 0 Å². The van der Waals surface area contributed by atoms with Crippen molar-refractivity contribution >= 4 is 6.21 Å². The third kappa shape index (κ3) is 1.78. The van der Waals surface area contributed by atoms with E-state index in [2.05, 4.69) is 17.1 Å². The Hall–Kier alpha value is -1.57. The third-order valence-electron chi connectivity index (χ3n) is 2.02. The fraction of sp³-hybridized carbons (Fsp3) is 0.182. The third-order valence-corrected chi connectivity index (χ3v) is 2.02. The molecule has 66 valence electrons. The average molecular weight is 173 g/mol. The summed E-state index contributed by atoms with van der Waals surface area (Å²) in [6.07, 6.45) is 13.0. The van der Waals surface area contributed by atoms with Gasteiger partial charge in [-0.25, -0.2) is 4.99 Å². The van der Waals surface area contributed by atoms with Gasteiger partial charge in [0.1, 0.15) is 0 Å². The maximum Gasteiger partial charge on any atom is 0.213 e. The molecular formula is C11H11NO. The van der Waals surface area contributed by atoms with Crippen molar-refractivity contribution in [2.24, 2.45) is 4.99 Å². The highest BCUT2D eigenvalue weighted by molar-refractivity contribution is 5.81. The Bertz CT molecular complexity index is 356. The molecule has 1 aliphatic carbocycles. The van der Waals surface area contributed by atoms with Gasteiger partial charge in [0.15, 0.2) is 0 Å². The van der Waals surface area contributed by atoms with Gasteiger partial charge in [-0.3, -0.25) is 0 Å². The molecule has 1 heterocycles. The molecule has 0 fully saturated rings. The summed E-state index contributed by atoms with van der Waals surface area (Å²) in [6, 6.07) is 0. The van der Waals surface area contributed by atoms with E-state index in [4.69, 9.17) is 4.74 Å². The highest BCUT2D eigenvalue weighted by Gasteiger charge is 2.06. The van der Waals surface area contributed by atoms with Gasteiger partial charge in [-0.1, -0.05) is 24.3 Å². The predicted octanol–water partition coefficient (Wildman–Crippen LogP) is 2.37. The summed E-state index contributed by atoms with van der Waals surface area (Å²) >= 11 is 0. The Morgan fingerprint density at radius 3 is 2.77 bits per heavy atom. The zero-order chi connectivity index (χ0) is 9.10. The minimum Gasteiger partial charge on any atom is -0.481 e. The Morgan fingerprint density at radius 1 is 1.23 bits per heavy atom. The first-order chi connectivity index (χ1) is 6.38. The van der Waals surface area contributed by atoms with E-state index in [1.807, 2.05) is 24.4 Å². The quantitative estimate of drug-likeness (QED) is 0.596. The molecule has 2 bridgehead atoms. The van der Waals surface area contributed by atoms with Crippen LogP contribution in [0.4, 0.5) is 0 Å². The highest BCUT2D eigenvalue weighted by atomic mass is 16.5. The molecule has 0 N–H and O–H groups in total. The van der Waals surface area contributed by atoms with Crippen LogP contribution in [-0.4, -0.2) is 13.3 Å². The SMILES string of the molecule is COC1=CC2=CC=CC=C(C=N1)C2. The number of nitrogens with zero attached hydrogens (tertiary/aromatic N) is 1. The standard InChI is InChI=1S/C11H11NO/c1-13-11-7-9-4-2-3-5-10(6-9)8-12-11/h2-5,7-8H,6H2,1H3. The molecule has 2 nitrogen and oxygen atoms in total. The number of fused-ring (bicyclic) bond motifs is 2. The van der Waals surface area contributed by atoms with Crippen LogP contribution in [0.1, 0.15) is 6.42 Å². The lowest BCUT2D eigenvalue weighted by Gasteiger charge is -1.97. The summed E-state index contributed by atoms with van der Waals surface area (Å²) in [7, 11) is 1.64. The van der Waals surface area contributed by atoms with Crippen LogP contribution < -0.4 is 0 Å². The van der Waals surface area contributed by atoms with Crippen LogP contribution in [0.15, 0.2) is 52.4 Å². The molecule has 0 spiro atoms. The molecule has 0 amide bonds. The van der Waals surface area contributed by atoms with E-state index in [0.29, 0.717) is 5.88 Å². The molecule has 0 radical (unpaired) electrons. The zero-order valence-corrected chi connectivity index (χ0v) is 7.53. The molecule has 1 aliphatic heterocycles. The maximum atomic E-state index is 5.09. The lowest BCUT2D eigenvalue weighted by Crippen LogP contribution is -1.83. The zero-order valence-electron chi connectivity index (χ0n) is 7.53. The van der Waals surface area contributed by atoms with E-state index >= 15 is 0 Å². The lowest BCUT2D eigenvalue weighted by molar-refractivity contribution is 0.289. The van der Waals surface area contributed by atoms with Crippen molar-refractivity contribution in [3.8, 4) is 0 Å². The van der Waals surface area contributed by atoms with E-state index in [-0.39, 0.29) is 0 Å². The number of allylic oxidation sites excluding steroid dienone is 7.